The fourth-order valence-electron chi connectivity index (χ4n) is 3.28. The molecule has 2 atom stereocenters. The Kier molecular flexibility index (Phi) is 3.61. The van der Waals surface area contributed by atoms with Gasteiger partial charge in [0.15, 0.2) is 0 Å². The molecular formula is C15H17FN2O3. The van der Waals surface area contributed by atoms with Crippen LogP contribution in [0.4, 0.5) is 4.39 Å². The van der Waals surface area contributed by atoms with E-state index in [2.05, 4.69) is 4.98 Å². The first-order valence-corrected chi connectivity index (χ1v) is 7.13. The molecule has 0 aromatic carbocycles. The Bertz CT molecular complexity index is 590. The molecule has 1 aromatic rings. The summed E-state index contributed by atoms with van der Waals surface area (Å²) in [6, 6.07) is 1.44. The summed E-state index contributed by atoms with van der Waals surface area (Å²) in [4.78, 5) is 29.7. The van der Waals surface area contributed by atoms with Crippen molar-refractivity contribution in [3.8, 4) is 0 Å². The third-order valence-corrected chi connectivity index (χ3v) is 4.44. The molecule has 1 amide bonds. The molecule has 0 radical (unpaired) electrons. The van der Waals surface area contributed by atoms with Crippen molar-refractivity contribution in [2.75, 3.05) is 13.7 Å². The van der Waals surface area contributed by atoms with Crippen molar-refractivity contribution in [2.45, 2.75) is 31.7 Å². The standard InChI is InChI=1S/C15H17FN2O3/c1-21-15(20)10-3-5-11-4-2-9-6-13(16)17-7-12(9)14(19)18(11)8-10/h6-7,10-11H,2-5,8H2,1H3/t10-,11+/m0/s1. The van der Waals surface area contributed by atoms with Gasteiger partial charge < -0.3 is 9.64 Å². The van der Waals surface area contributed by atoms with Crippen LogP contribution in [0.1, 0.15) is 35.2 Å². The number of pyridine rings is 1. The molecule has 3 rings (SSSR count). The van der Waals surface area contributed by atoms with Crippen molar-refractivity contribution in [3.63, 3.8) is 0 Å². The van der Waals surface area contributed by atoms with E-state index >= 15 is 0 Å². The summed E-state index contributed by atoms with van der Waals surface area (Å²) >= 11 is 0. The highest BCUT2D eigenvalue weighted by Gasteiger charge is 2.37. The summed E-state index contributed by atoms with van der Waals surface area (Å²) in [5.41, 5.74) is 1.15. The third kappa shape index (κ3) is 2.50. The van der Waals surface area contributed by atoms with Gasteiger partial charge in [-0.05, 0) is 37.3 Å². The van der Waals surface area contributed by atoms with Gasteiger partial charge in [0.2, 0.25) is 5.95 Å². The molecule has 1 fully saturated rings. The first kappa shape index (κ1) is 14.0. The van der Waals surface area contributed by atoms with Gasteiger partial charge >= 0.3 is 5.97 Å². The molecule has 0 N–H and O–H groups in total. The maximum Gasteiger partial charge on any atom is 0.310 e. The third-order valence-electron chi connectivity index (χ3n) is 4.44. The number of hydrogen-bond acceptors (Lipinski definition) is 4. The molecule has 2 aliphatic rings. The van der Waals surface area contributed by atoms with Gasteiger partial charge in [0.25, 0.3) is 5.91 Å². The highest BCUT2D eigenvalue weighted by Crippen LogP contribution is 2.31. The number of piperidine rings is 1. The van der Waals surface area contributed by atoms with Gasteiger partial charge in [0.05, 0.1) is 18.6 Å². The molecule has 3 heterocycles. The van der Waals surface area contributed by atoms with Crippen LogP contribution >= 0.6 is 0 Å². The summed E-state index contributed by atoms with van der Waals surface area (Å²) in [7, 11) is 1.36. The molecule has 1 aromatic heterocycles. The van der Waals surface area contributed by atoms with Gasteiger partial charge in [0.1, 0.15) is 0 Å². The van der Waals surface area contributed by atoms with Gasteiger partial charge in [-0.2, -0.15) is 4.39 Å². The Morgan fingerprint density at radius 1 is 1.43 bits per heavy atom. The minimum atomic E-state index is -0.561. The van der Waals surface area contributed by atoms with Crippen LogP contribution < -0.4 is 0 Å². The van der Waals surface area contributed by atoms with E-state index in [-0.39, 0.29) is 23.8 Å². The van der Waals surface area contributed by atoms with Gasteiger partial charge in [-0.3, -0.25) is 9.59 Å². The lowest BCUT2D eigenvalue weighted by atomic mass is 9.91. The molecule has 112 valence electrons. The average molecular weight is 292 g/mol. The van der Waals surface area contributed by atoms with E-state index in [1.807, 2.05) is 0 Å². The number of nitrogens with zero attached hydrogens (tertiary/aromatic N) is 2. The monoisotopic (exact) mass is 292 g/mol. The zero-order chi connectivity index (χ0) is 15.0. The molecular weight excluding hydrogens is 275 g/mol. The molecule has 6 heteroatoms. The van der Waals surface area contributed by atoms with E-state index in [4.69, 9.17) is 4.74 Å². The van der Waals surface area contributed by atoms with Crippen molar-refractivity contribution in [2.24, 2.45) is 5.92 Å². The summed E-state index contributed by atoms with van der Waals surface area (Å²) < 4.78 is 18.0. The Morgan fingerprint density at radius 2 is 2.24 bits per heavy atom. The maximum absolute atomic E-state index is 13.2. The van der Waals surface area contributed by atoms with Crippen LogP contribution in [0.2, 0.25) is 0 Å². The molecule has 1 saturated heterocycles. The number of esters is 1. The van der Waals surface area contributed by atoms with Crippen LogP contribution in [0.3, 0.4) is 0 Å². The van der Waals surface area contributed by atoms with E-state index in [9.17, 15) is 14.0 Å². The molecule has 5 nitrogen and oxygen atoms in total. The second kappa shape index (κ2) is 5.42. The van der Waals surface area contributed by atoms with Crippen LogP contribution in [-0.4, -0.2) is 41.5 Å². The Hall–Kier alpha value is -1.98. The van der Waals surface area contributed by atoms with E-state index in [1.54, 1.807) is 4.90 Å². The van der Waals surface area contributed by atoms with Crippen molar-refractivity contribution in [3.05, 3.63) is 29.3 Å². The van der Waals surface area contributed by atoms with Crippen LogP contribution in [0.15, 0.2) is 12.3 Å². The fourth-order valence-corrected chi connectivity index (χ4v) is 3.28. The normalized spacial score (nSPS) is 24.9. The molecule has 0 saturated carbocycles. The van der Waals surface area contributed by atoms with Crippen molar-refractivity contribution < 1.29 is 18.7 Å². The number of methoxy groups -OCH3 is 1. The van der Waals surface area contributed by atoms with E-state index < -0.39 is 5.95 Å². The minimum absolute atomic E-state index is 0.105. The Balaban J connectivity index is 1.89. The SMILES string of the molecule is COC(=O)[C@H]1CC[C@H]2CCc3cc(F)ncc3C(=O)N2C1. The van der Waals surface area contributed by atoms with Gasteiger partial charge in [-0.15, -0.1) is 0 Å². The quantitative estimate of drug-likeness (QED) is 0.582. The van der Waals surface area contributed by atoms with E-state index in [0.29, 0.717) is 24.1 Å². The summed E-state index contributed by atoms with van der Waals surface area (Å²) in [6.07, 6.45) is 4.25. The van der Waals surface area contributed by atoms with Gasteiger partial charge in [-0.25, -0.2) is 4.98 Å². The zero-order valence-corrected chi connectivity index (χ0v) is 11.8. The van der Waals surface area contributed by atoms with Crippen molar-refractivity contribution in [1.29, 1.82) is 0 Å². The summed E-state index contributed by atoms with van der Waals surface area (Å²) in [6.45, 7) is 0.368. The Morgan fingerprint density at radius 3 is 3.00 bits per heavy atom. The van der Waals surface area contributed by atoms with Crippen LogP contribution in [0.25, 0.3) is 0 Å². The number of amides is 1. The number of aryl methyl sites for hydroxylation is 1. The van der Waals surface area contributed by atoms with E-state index in [1.165, 1.54) is 19.4 Å². The lowest BCUT2D eigenvalue weighted by molar-refractivity contribution is -0.147. The van der Waals surface area contributed by atoms with Crippen LogP contribution in [-0.2, 0) is 16.0 Å². The van der Waals surface area contributed by atoms with Crippen molar-refractivity contribution >= 4 is 11.9 Å². The molecule has 2 aliphatic heterocycles. The lowest BCUT2D eigenvalue weighted by Crippen LogP contribution is -2.48. The van der Waals surface area contributed by atoms with Gasteiger partial charge in [-0.1, -0.05) is 0 Å². The largest absolute Gasteiger partial charge is 0.469 e. The average Bonchev–Trinajstić information content (AvgIpc) is 2.63. The number of fused-ring (bicyclic) bond motifs is 2. The highest BCUT2D eigenvalue weighted by molar-refractivity contribution is 5.96. The number of carbonyl (C=O) groups excluding carboxylic acids is 2. The first-order valence-electron chi connectivity index (χ1n) is 7.13. The summed E-state index contributed by atoms with van der Waals surface area (Å²) in [5, 5.41) is 0. The number of rotatable bonds is 1. The Labute approximate surface area is 122 Å². The second-order valence-electron chi connectivity index (χ2n) is 5.61. The predicted octanol–water partition coefficient (Wildman–Crippen LogP) is 1.56. The topological polar surface area (TPSA) is 59.5 Å². The number of ether oxygens (including phenoxy) is 1. The molecule has 0 aliphatic carbocycles. The number of halogens is 1. The molecule has 0 spiro atoms. The van der Waals surface area contributed by atoms with Crippen LogP contribution in [0, 0.1) is 11.9 Å². The maximum atomic E-state index is 13.2. The fraction of sp³-hybridized carbons (Fsp3) is 0.533. The first-order chi connectivity index (χ1) is 10.1. The minimum Gasteiger partial charge on any atom is -0.469 e. The lowest BCUT2D eigenvalue weighted by Gasteiger charge is -2.37. The highest BCUT2D eigenvalue weighted by atomic mass is 19.1. The second-order valence-corrected chi connectivity index (χ2v) is 5.61. The van der Waals surface area contributed by atoms with E-state index in [0.717, 1.165) is 19.3 Å². The smallest absolute Gasteiger partial charge is 0.310 e. The summed E-state index contributed by atoms with van der Waals surface area (Å²) in [5.74, 6) is -1.27. The molecule has 0 bridgehead atoms. The number of hydrogen-bond donors (Lipinski definition) is 0. The number of carbonyl (C=O) groups is 2. The van der Waals surface area contributed by atoms with Crippen molar-refractivity contribution in [1.82, 2.24) is 9.88 Å². The predicted molar refractivity (Wildman–Crippen MR) is 72.1 cm³/mol. The van der Waals surface area contributed by atoms with Gasteiger partial charge in [0, 0.05) is 18.8 Å². The molecule has 21 heavy (non-hydrogen) atoms. The van der Waals surface area contributed by atoms with Crippen LogP contribution in [0.5, 0.6) is 0 Å². The zero-order valence-electron chi connectivity index (χ0n) is 11.8. The number of aromatic nitrogens is 1. The molecule has 0 unspecified atom stereocenters.